The third kappa shape index (κ3) is 21.6. The summed E-state index contributed by atoms with van der Waals surface area (Å²) in [6.07, 6.45) is 4.62. The standard InChI is InChI=1S/C53H79N13O11S2/c1-4-77-34-19-17-33(18-20-34)26-36(60-43(69)28-53(79)21-9-6-10-22-53)46(71)62-37(25-32-13-7-5-8-14-32)48(73)65-44(31(2)3)50(75)63-38(27-41(54)67)47(72)64-39(30-78)51(76)66-24-12-16-40(66)49(74)61-35(15-11-23-58-52(56)57)45(70)59-29-42(55)68/h5,7-8,13-14,17-20,31,35-40,44,78-79H,4,6,9-12,15-16,21-30H2,1-3H3,(H2,54,67)(H2,55,68)(H,59,70)(H,60,69)(H,61,74)(H,62,71)(H,63,75)(H,64,72)(H,65,73)(H4,56,57,58)/t35-,36+,37-,38-,39-,40-,44-/m0/s1. The highest BCUT2D eigenvalue weighted by atomic mass is 32.1. The summed E-state index contributed by atoms with van der Waals surface area (Å²) in [6.45, 7) is 5.27. The van der Waals surface area contributed by atoms with Crippen LogP contribution >= 0.6 is 25.3 Å². The zero-order valence-electron chi connectivity index (χ0n) is 45.1. The molecule has 1 saturated heterocycles. The number of nitrogens with one attached hydrogen (secondary N) is 7. The number of primary amides is 2. The number of nitrogens with two attached hydrogens (primary N) is 4. The molecule has 1 aliphatic carbocycles. The molecular formula is C53H79N13O11S2. The van der Waals surface area contributed by atoms with Gasteiger partial charge in [0.15, 0.2) is 5.96 Å². The lowest BCUT2D eigenvalue weighted by molar-refractivity contribution is -0.142. The average Bonchev–Trinajstić information content (AvgIpc) is 3.90. The summed E-state index contributed by atoms with van der Waals surface area (Å²) in [4.78, 5) is 141. The Morgan fingerprint density at radius 3 is 1.89 bits per heavy atom. The van der Waals surface area contributed by atoms with Crippen molar-refractivity contribution in [2.45, 2.75) is 151 Å². The van der Waals surface area contributed by atoms with E-state index in [4.69, 9.17) is 40.3 Å². The quantitative estimate of drug-likeness (QED) is 0.0185. The van der Waals surface area contributed by atoms with Gasteiger partial charge in [-0.15, -0.1) is 0 Å². The van der Waals surface area contributed by atoms with E-state index in [-0.39, 0.29) is 69.2 Å². The van der Waals surface area contributed by atoms with Gasteiger partial charge in [0.2, 0.25) is 59.1 Å². The molecule has 24 nitrogen and oxygen atoms in total. The molecule has 1 heterocycles. The largest absolute Gasteiger partial charge is 0.494 e. The molecular weight excluding hydrogens is 1060 g/mol. The minimum absolute atomic E-state index is 0.0345. The highest BCUT2D eigenvalue weighted by Crippen LogP contribution is 2.36. The van der Waals surface area contributed by atoms with Crippen molar-refractivity contribution >= 4 is 90.3 Å². The second kappa shape index (κ2) is 32.1. The maximum absolute atomic E-state index is 14.5. The normalized spacial score (nSPS) is 17.0. The molecule has 0 bridgehead atoms. The molecule has 15 N–H and O–H groups in total. The Morgan fingerprint density at radius 1 is 0.696 bits per heavy atom. The van der Waals surface area contributed by atoms with Gasteiger partial charge < -0.3 is 69.8 Å². The van der Waals surface area contributed by atoms with Crippen LogP contribution in [0.2, 0.25) is 0 Å². The number of amides is 10. The molecule has 79 heavy (non-hydrogen) atoms. The molecule has 2 aromatic carbocycles. The molecule has 434 valence electrons. The van der Waals surface area contributed by atoms with Crippen LogP contribution in [0.15, 0.2) is 59.6 Å². The summed E-state index contributed by atoms with van der Waals surface area (Å²) in [5.41, 5.74) is 22.9. The van der Waals surface area contributed by atoms with Gasteiger partial charge in [0.25, 0.3) is 0 Å². The average molecular weight is 1140 g/mol. The van der Waals surface area contributed by atoms with E-state index in [9.17, 15) is 47.9 Å². The minimum Gasteiger partial charge on any atom is -0.494 e. The molecule has 0 spiro atoms. The second-order valence-electron chi connectivity index (χ2n) is 20.2. The fourth-order valence-electron chi connectivity index (χ4n) is 9.36. The number of benzene rings is 2. The summed E-state index contributed by atoms with van der Waals surface area (Å²) in [5.74, 6) is -8.20. The lowest BCUT2D eigenvalue weighted by atomic mass is 9.85. The van der Waals surface area contributed by atoms with E-state index in [1.807, 2.05) is 6.92 Å². The third-order valence-electron chi connectivity index (χ3n) is 13.5. The molecule has 2 aliphatic rings. The van der Waals surface area contributed by atoms with E-state index in [1.54, 1.807) is 68.4 Å². The highest BCUT2D eigenvalue weighted by Gasteiger charge is 2.40. The molecule has 26 heteroatoms. The van der Waals surface area contributed by atoms with Crippen molar-refractivity contribution in [2.24, 2.45) is 33.8 Å². The van der Waals surface area contributed by atoms with E-state index < -0.39 is 119 Å². The van der Waals surface area contributed by atoms with Crippen LogP contribution in [0.3, 0.4) is 0 Å². The molecule has 2 fully saturated rings. The first-order valence-corrected chi connectivity index (χ1v) is 27.7. The summed E-state index contributed by atoms with van der Waals surface area (Å²) in [5, 5.41) is 18.5. The van der Waals surface area contributed by atoms with Gasteiger partial charge in [0, 0.05) is 42.9 Å². The van der Waals surface area contributed by atoms with Crippen molar-refractivity contribution in [3.8, 4) is 5.75 Å². The topological polar surface area (TPSA) is 384 Å². The number of carbonyl (C=O) groups is 10. The Kier molecular flexibility index (Phi) is 26.2. The van der Waals surface area contributed by atoms with Crippen molar-refractivity contribution in [1.82, 2.24) is 42.1 Å². The fraction of sp³-hybridized carbons (Fsp3) is 0.566. The number of hydrogen-bond acceptors (Lipinski definition) is 14. The van der Waals surface area contributed by atoms with Crippen LogP contribution in [0, 0.1) is 5.92 Å². The SMILES string of the molecule is CCOc1ccc(C[C@@H](NC(=O)CC2(S)CCCCC2)C(=O)N[C@@H](Cc2ccccc2)C(=O)N[C@H](C(=O)N[C@@H](CC(N)=O)C(=O)N[C@@H](CS)C(=O)N2CCC[C@H]2C(=O)N[C@@H](CCCN=C(N)N)C(=O)NCC(N)=O)C(C)C)cc1. The van der Waals surface area contributed by atoms with E-state index in [2.05, 4.69) is 54.8 Å². The van der Waals surface area contributed by atoms with Crippen LogP contribution in [0.1, 0.15) is 103 Å². The zero-order chi connectivity index (χ0) is 58.2. The van der Waals surface area contributed by atoms with Gasteiger partial charge in [-0.25, -0.2) is 0 Å². The Hall–Kier alpha value is -7.09. The smallest absolute Gasteiger partial charge is 0.246 e. The van der Waals surface area contributed by atoms with Crippen molar-refractivity contribution in [3.63, 3.8) is 0 Å². The number of hydrogen-bond donors (Lipinski definition) is 13. The molecule has 1 saturated carbocycles. The molecule has 1 aliphatic heterocycles. The van der Waals surface area contributed by atoms with E-state index in [0.717, 1.165) is 32.1 Å². The Bertz CT molecular complexity index is 2460. The lowest BCUT2D eigenvalue weighted by Gasteiger charge is -2.32. The second-order valence-corrected chi connectivity index (χ2v) is 21.5. The van der Waals surface area contributed by atoms with Gasteiger partial charge in [-0.2, -0.15) is 25.3 Å². The van der Waals surface area contributed by atoms with Crippen LogP contribution in [-0.4, -0.2) is 149 Å². The molecule has 2 aromatic rings. The minimum atomic E-state index is -1.67. The van der Waals surface area contributed by atoms with Gasteiger partial charge in [-0.05, 0) is 74.6 Å². The van der Waals surface area contributed by atoms with Crippen molar-refractivity contribution in [3.05, 3.63) is 65.7 Å². The number of aliphatic imine (C=N–C) groups is 1. The van der Waals surface area contributed by atoms with Gasteiger partial charge >= 0.3 is 0 Å². The van der Waals surface area contributed by atoms with E-state index in [0.29, 0.717) is 29.9 Å². The number of likely N-dealkylation sites (tertiary alicyclic amines) is 1. The predicted molar refractivity (Wildman–Crippen MR) is 302 cm³/mol. The molecule has 0 radical (unpaired) electrons. The summed E-state index contributed by atoms with van der Waals surface area (Å²) in [7, 11) is 0. The monoisotopic (exact) mass is 1140 g/mol. The van der Waals surface area contributed by atoms with Crippen LogP contribution < -0.4 is 64.9 Å². The first-order valence-electron chi connectivity index (χ1n) is 26.6. The first kappa shape index (κ1) is 64.4. The maximum Gasteiger partial charge on any atom is 0.246 e. The molecule has 4 rings (SSSR count). The predicted octanol–water partition coefficient (Wildman–Crippen LogP) is -1.09. The first-order chi connectivity index (χ1) is 37.5. The Morgan fingerprint density at radius 2 is 1.29 bits per heavy atom. The number of ether oxygens (including phenoxy) is 1. The van der Waals surface area contributed by atoms with E-state index >= 15 is 0 Å². The molecule has 7 atom stereocenters. The van der Waals surface area contributed by atoms with Gasteiger partial charge in [0.1, 0.15) is 48.0 Å². The Labute approximate surface area is 471 Å². The molecule has 0 aromatic heterocycles. The van der Waals surface area contributed by atoms with Gasteiger partial charge in [-0.1, -0.05) is 75.6 Å². The number of carbonyl (C=O) groups excluding carboxylic acids is 10. The summed E-state index contributed by atoms with van der Waals surface area (Å²) >= 11 is 9.17. The maximum atomic E-state index is 14.5. The number of guanidine groups is 1. The van der Waals surface area contributed by atoms with Gasteiger partial charge in [0.05, 0.1) is 19.6 Å². The Balaban J connectivity index is 1.52. The number of thiol groups is 2. The van der Waals surface area contributed by atoms with Crippen molar-refractivity contribution in [1.29, 1.82) is 0 Å². The third-order valence-corrected chi connectivity index (χ3v) is 14.4. The summed E-state index contributed by atoms with van der Waals surface area (Å²) < 4.78 is 5.06. The molecule has 10 amide bonds. The van der Waals surface area contributed by atoms with Crippen LogP contribution in [0.4, 0.5) is 0 Å². The number of nitrogens with zero attached hydrogens (tertiary/aromatic N) is 2. The van der Waals surface area contributed by atoms with Crippen LogP contribution in [0.25, 0.3) is 0 Å². The fourth-order valence-corrected chi connectivity index (χ4v) is 10.1. The van der Waals surface area contributed by atoms with Crippen LogP contribution in [-0.2, 0) is 60.8 Å². The summed E-state index contributed by atoms with van der Waals surface area (Å²) in [6, 6.07) is 6.75. The van der Waals surface area contributed by atoms with E-state index in [1.165, 1.54) is 4.90 Å². The van der Waals surface area contributed by atoms with Crippen molar-refractivity contribution in [2.75, 3.05) is 32.0 Å². The van der Waals surface area contributed by atoms with Crippen molar-refractivity contribution < 1.29 is 52.7 Å². The zero-order valence-corrected chi connectivity index (χ0v) is 46.9. The highest BCUT2D eigenvalue weighted by molar-refractivity contribution is 7.81. The number of rotatable bonds is 31. The lowest BCUT2D eigenvalue weighted by Crippen LogP contribution is -2.61. The molecule has 0 unspecified atom stereocenters. The van der Waals surface area contributed by atoms with Crippen LogP contribution in [0.5, 0.6) is 5.75 Å². The van der Waals surface area contributed by atoms with Gasteiger partial charge in [-0.3, -0.25) is 52.9 Å².